The second-order valence-corrected chi connectivity index (χ2v) is 2.33. The van der Waals surface area contributed by atoms with Gasteiger partial charge in [0.2, 0.25) is 0 Å². The van der Waals surface area contributed by atoms with Gasteiger partial charge in [0, 0.05) is 5.57 Å². The van der Waals surface area contributed by atoms with Gasteiger partial charge >= 0.3 is 5.97 Å². The molecule has 0 aliphatic carbocycles. The molecule has 1 N–H and O–H groups in total. The molecule has 0 aromatic rings. The topological polar surface area (TPSA) is 37.3 Å². The minimum Gasteiger partial charge on any atom is -0.478 e. The molecule has 0 saturated heterocycles. The molecular weight excluding hydrogens is 152 g/mol. The summed E-state index contributed by atoms with van der Waals surface area (Å²) in [5.41, 5.74) is 1.41. The number of hydrogen-bond acceptors (Lipinski definition) is 1. The number of carboxylic acid groups (broad SMARTS) is 1. The summed E-state index contributed by atoms with van der Waals surface area (Å²) in [6, 6.07) is 0. The van der Waals surface area contributed by atoms with Crippen molar-refractivity contribution >= 4 is 5.97 Å². The summed E-state index contributed by atoms with van der Waals surface area (Å²) in [7, 11) is 0. The summed E-state index contributed by atoms with van der Waals surface area (Å²) in [5, 5.41) is 8.11. The molecule has 0 radical (unpaired) electrons. The van der Waals surface area contributed by atoms with Crippen LogP contribution in [0.15, 0.2) is 36.5 Å². The normalized spacial score (nSPS) is 9.42. The Morgan fingerprint density at radius 2 is 1.75 bits per heavy atom. The standard InChI is InChI=1S/C5H8O2.C5H8/c1-3-4(2)5(6)7;1-4-5(2)3/h3H,1-2H3,(H,6,7);4H,1-2H2,3H3. The smallest absolute Gasteiger partial charge is 0.330 e. The first-order valence-electron chi connectivity index (χ1n) is 3.59. The van der Waals surface area contributed by atoms with Crippen molar-refractivity contribution < 1.29 is 9.90 Å². The Kier molecular flexibility index (Phi) is 8.63. The van der Waals surface area contributed by atoms with Gasteiger partial charge in [0.05, 0.1) is 0 Å². The Bertz CT molecular complexity index is 200. The van der Waals surface area contributed by atoms with Crippen LogP contribution in [0.5, 0.6) is 0 Å². The van der Waals surface area contributed by atoms with E-state index in [-0.39, 0.29) is 0 Å². The van der Waals surface area contributed by atoms with Crippen molar-refractivity contribution in [3.05, 3.63) is 36.5 Å². The van der Waals surface area contributed by atoms with Crippen molar-refractivity contribution in [3.63, 3.8) is 0 Å². The summed E-state index contributed by atoms with van der Waals surface area (Å²) in [5.74, 6) is -0.845. The van der Waals surface area contributed by atoms with Gasteiger partial charge in [-0.25, -0.2) is 4.79 Å². The van der Waals surface area contributed by atoms with Gasteiger partial charge in [0.1, 0.15) is 0 Å². The fraction of sp³-hybridized carbons (Fsp3) is 0.300. The summed E-state index contributed by atoms with van der Waals surface area (Å²) >= 11 is 0. The lowest BCUT2D eigenvalue weighted by Crippen LogP contribution is -1.93. The van der Waals surface area contributed by atoms with Crippen LogP contribution in [0.4, 0.5) is 0 Å². The van der Waals surface area contributed by atoms with Crippen molar-refractivity contribution in [1.82, 2.24) is 0 Å². The van der Waals surface area contributed by atoms with E-state index in [4.69, 9.17) is 5.11 Å². The number of carbonyl (C=O) groups is 1. The van der Waals surface area contributed by atoms with Gasteiger partial charge < -0.3 is 5.11 Å². The van der Waals surface area contributed by atoms with Crippen LogP contribution < -0.4 is 0 Å². The molecule has 0 spiro atoms. The van der Waals surface area contributed by atoms with Crippen molar-refractivity contribution in [2.75, 3.05) is 0 Å². The Morgan fingerprint density at radius 3 is 1.75 bits per heavy atom. The van der Waals surface area contributed by atoms with E-state index in [1.54, 1.807) is 26.0 Å². The fourth-order valence-electron chi connectivity index (χ4n) is 0.123. The summed E-state index contributed by atoms with van der Waals surface area (Å²) in [6.07, 6.45) is 3.28. The van der Waals surface area contributed by atoms with E-state index in [1.807, 2.05) is 6.92 Å². The van der Waals surface area contributed by atoms with Crippen LogP contribution in [-0.4, -0.2) is 11.1 Å². The van der Waals surface area contributed by atoms with E-state index in [9.17, 15) is 4.79 Å². The number of rotatable bonds is 2. The summed E-state index contributed by atoms with van der Waals surface area (Å²) in [6.45, 7) is 12.2. The molecule has 0 bridgehead atoms. The van der Waals surface area contributed by atoms with Crippen molar-refractivity contribution in [2.45, 2.75) is 20.8 Å². The molecule has 68 valence electrons. The van der Waals surface area contributed by atoms with Crippen LogP contribution >= 0.6 is 0 Å². The molecule has 0 aromatic heterocycles. The minimum atomic E-state index is -0.845. The lowest BCUT2D eigenvalue weighted by Gasteiger charge is -1.84. The first kappa shape index (κ1) is 13.3. The van der Waals surface area contributed by atoms with Gasteiger partial charge in [-0.05, 0) is 20.8 Å². The first-order chi connectivity index (χ1) is 5.45. The molecule has 12 heavy (non-hydrogen) atoms. The first-order valence-corrected chi connectivity index (χ1v) is 3.59. The van der Waals surface area contributed by atoms with Gasteiger partial charge in [0.25, 0.3) is 0 Å². The number of hydrogen-bond donors (Lipinski definition) is 1. The highest BCUT2D eigenvalue weighted by molar-refractivity contribution is 5.85. The second kappa shape index (κ2) is 7.79. The lowest BCUT2D eigenvalue weighted by atomic mass is 10.3. The zero-order valence-electron chi connectivity index (χ0n) is 7.92. The van der Waals surface area contributed by atoms with E-state index in [0.717, 1.165) is 5.57 Å². The number of carboxylic acids is 1. The van der Waals surface area contributed by atoms with Crippen LogP contribution in [0, 0.1) is 0 Å². The molecule has 0 unspecified atom stereocenters. The molecule has 0 heterocycles. The maximum absolute atomic E-state index is 9.86. The van der Waals surface area contributed by atoms with Crippen molar-refractivity contribution in [2.24, 2.45) is 0 Å². The molecule has 2 nitrogen and oxygen atoms in total. The third-order valence-corrected chi connectivity index (χ3v) is 1.12. The molecule has 0 aromatic carbocycles. The van der Waals surface area contributed by atoms with Crippen molar-refractivity contribution in [3.8, 4) is 0 Å². The zero-order chi connectivity index (χ0) is 10.1. The highest BCUT2D eigenvalue weighted by atomic mass is 16.4. The number of aliphatic carboxylic acids is 1. The summed E-state index contributed by atoms with van der Waals surface area (Å²) in [4.78, 5) is 9.86. The van der Waals surface area contributed by atoms with Gasteiger partial charge in [-0.3, -0.25) is 0 Å². The maximum atomic E-state index is 9.86. The maximum Gasteiger partial charge on any atom is 0.330 e. The molecular formula is C10H16O2. The van der Waals surface area contributed by atoms with Crippen LogP contribution in [0.3, 0.4) is 0 Å². The molecule has 0 rings (SSSR count). The quantitative estimate of drug-likeness (QED) is 0.508. The zero-order valence-corrected chi connectivity index (χ0v) is 7.92. The van der Waals surface area contributed by atoms with Crippen LogP contribution in [0.1, 0.15) is 20.8 Å². The average Bonchev–Trinajstić information content (AvgIpc) is 2.04. The molecule has 0 aliphatic rings. The molecule has 0 amide bonds. The largest absolute Gasteiger partial charge is 0.478 e. The highest BCUT2D eigenvalue weighted by Gasteiger charge is 1.93. The molecule has 0 atom stereocenters. The Balaban J connectivity index is 0. The lowest BCUT2D eigenvalue weighted by molar-refractivity contribution is -0.132. The van der Waals surface area contributed by atoms with Gasteiger partial charge in [-0.1, -0.05) is 30.9 Å². The van der Waals surface area contributed by atoms with E-state index < -0.39 is 5.97 Å². The third kappa shape index (κ3) is 11.5. The Morgan fingerprint density at radius 1 is 1.42 bits per heavy atom. The summed E-state index contributed by atoms with van der Waals surface area (Å²) < 4.78 is 0. The van der Waals surface area contributed by atoms with Gasteiger partial charge in [-0.2, -0.15) is 0 Å². The predicted octanol–water partition coefficient (Wildman–Crippen LogP) is 2.79. The second-order valence-electron chi connectivity index (χ2n) is 2.33. The predicted molar refractivity (Wildman–Crippen MR) is 52.1 cm³/mol. The Hall–Kier alpha value is -1.31. The fourth-order valence-corrected chi connectivity index (χ4v) is 0.123. The third-order valence-electron chi connectivity index (χ3n) is 1.12. The SMILES string of the molecule is C=CC(=C)C.CC=C(C)C(=O)O. The van der Waals surface area contributed by atoms with Crippen LogP contribution in [0.2, 0.25) is 0 Å². The van der Waals surface area contributed by atoms with E-state index in [1.165, 1.54) is 0 Å². The van der Waals surface area contributed by atoms with Crippen molar-refractivity contribution in [1.29, 1.82) is 0 Å². The highest BCUT2D eigenvalue weighted by Crippen LogP contribution is 1.87. The molecule has 0 fully saturated rings. The monoisotopic (exact) mass is 168 g/mol. The molecule has 0 aliphatic heterocycles. The Labute approximate surface area is 73.9 Å². The van der Waals surface area contributed by atoms with E-state index in [2.05, 4.69) is 13.2 Å². The van der Waals surface area contributed by atoms with Crippen LogP contribution in [-0.2, 0) is 4.79 Å². The minimum absolute atomic E-state index is 0.389. The van der Waals surface area contributed by atoms with E-state index >= 15 is 0 Å². The number of allylic oxidation sites excluding steroid dienone is 3. The molecule has 2 heteroatoms. The van der Waals surface area contributed by atoms with Gasteiger partial charge in [0.15, 0.2) is 0 Å². The van der Waals surface area contributed by atoms with Crippen LogP contribution in [0.25, 0.3) is 0 Å². The molecule has 0 saturated carbocycles. The average molecular weight is 168 g/mol. The van der Waals surface area contributed by atoms with Gasteiger partial charge in [-0.15, -0.1) is 0 Å². The van der Waals surface area contributed by atoms with E-state index in [0.29, 0.717) is 5.57 Å².